The minimum atomic E-state index is -0.767. The molecule has 0 amide bonds. The van der Waals surface area contributed by atoms with Gasteiger partial charge in [-0.05, 0) is 168 Å². The molecule has 18 nitrogen and oxygen atoms in total. The lowest BCUT2D eigenvalue weighted by Gasteiger charge is -2.29. The van der Waals surface area contributed by atoms with Gasteiger partial charge in [-0.15, -0.1) is 0 Å². The Labute approximate surface area is 683 Å². The number of non-ortho nitro benzene ring substituents is 1. The normalized spacial score (nSPS) is 12.6. The van der Waals surface area contributed by atoms with Crippen LogP contribution in [0.3, 0.4) is 0 Å². The SMILES string of the molecule is CCCCCCCCC(CCCCCC)COC(=O)CCCCCCCCC(CCCCC)OC(=O)OCCN(CCN(CC)CC)C(C)C.CCCCCCCCC(CCCCCC)COC(=O)CCCCCCCCC(CCCCCC)OC(=O)Oc1ccc([N+](=O)[O-])cc1.CCN(CC)CCN(CCO)C(C)C. The van der Waals surface area contributed by atoms with E-state index >= 15 is 0 Å². The van der Waals surface area contributed by atoms with E-state index in [-0.39, 0.29) is 42.2 Å². The van der Waals surface area contributed by atoms with E-state index in [1.807, 2.05) is 0 Å². The van der Waals surface area contributed by atoms with E-state index in [9.17, 15) is 29.3 Å². The summed E-state index contributed by atoms with van der Waals surface area (Å²) in [6.07, 6.45) is 53.9. The lowest BCUT2D eigenvalue weighted by Crippen LogP contribution is -2.40. The molecular weight excluding hydrogens is 1400 g/mol. The van der Waals surface area contributed by atoms with E-state index in [2.05, 4.69) is 117 Å². The zero-order valence-electron chi connectivity index (χ0n) is 74.9. The number of benzene rings is 1. The fourth-order valence-corrected chi connectivity index (χ4v) is 14.3. The zero-order valence-corrected chi connectivity index (χ0v) is 74.9. The third kappa shape index (κ3) is 69.9. The Morgan fingerprint density at radius 1 is 0.369 bits per heavy atom. The number of esters is 2. The first-order valence-electron chi connectivity index (χ1n) is 46.7. The summed E-state index contributed by atoms with van der Waals surface area (Å²) in [5, 5.41) is 19.8. The Morgan fingerprint density at radius 3 is 1.00 bits per heavy atom. The number of hydrogen-bond acceptors (Lipinski definition) is 17. The average Bonchev–Trinajstić information content (AvgIpc) is 0.885. The molecule has 0 aliphatic heterocycles. The second-order valence-corrected chi connectivity index (χ2v) is 32.3. The molecule has 0 aliphatic rings. The first-order chi connectivity index (χ1) is 53.8. The first kappa shape index (κ1) is 109. The highest BCUT2D eigenvalue weighted by atomic mass is 16.7. The van der Waals surface area contributed by atoms with Crippen LogP contribution < -0.4 is 4.74 Å². The standard InChI is InChI=1S/C43H86N2O5.C39H67NO7.C11H26N2O/c1-8-13-16-18-21-26-30-40(29-25-17-14-9-2)38-49-42(46)33-28-23-20-19-22-27-32-41(31-24-15-10-3)50-43(47)48-37-36-45(39(6)7)35-34-44(11-4)12-5;1-4-7-10-13-16-20-25-34(24-19-11-8-5-2)33-45-38(41)28-23-18-15-14-17-22-27-36(26-21-12-9-6-3)46-39(42)47-37-31-29-35(30-32-37)40(43)44;1-5-12(6-2)7-8-13(9-10-14)11(3)4/h39-41H,8-38H2,1-7H3;29-32,34,36H,4-28,33H2,1-3H3;11,14H,5-10H2,1-4H3. The number of nitro groups is 1. The lowest BCUT2D eigenvalue weighted by molar-refractivity contribution is -0.384. The lowest BCUT2D eigenvalue weighted by atomic mass is 9.95. The number of aliphatic hydroxyl groups excluding tert-OH is 1. The van der Waals surface area contributed by atoms with Gasteiger partial charge in [0.05, 0.1) is 24.7 Å². The summed E-state index contributed by atoms with van der Waals surface area (Å²) in [7, 11) is 0. The summed E-state index contributed by atoms with van der Waals surface area (Å²) >= 11 is 0. The maximum atomic E-state index is 12.6. The number of hydrogen-bond donors (Lipinski definition) is 1. The quantitative estimate of drug-likeness (QED) is 0.0161. The van der Waals surface area contributed by atoms with Crippen molar-refractivity contribution in [3.63, 3.8) is 0 Å². The maximum Gasteiger partial charge on any atom is 0.514 e. The van der Waals surface area contributed by atoms with Gasteiger partial charge in [0.15, 0.2) is 0 Å². The van der Waals surface area contributed by atoms with Crippen molar-refractivity contribution in [3.05, 3.63) is 34.4 Å². The Kier molecular flexibility index (Phi) is 79.6. The molecule has 0 heterocycles. The van der Waals surface area contributed by atoms with E-state index in [0.29, 0.717) is 56.6 Å². The van der Waals surface area contributed by atoms with E-state index in [0.717, 1.165) is 213 Å². The van der Waals surface area contributed by atoms with Gasteiger partial charge in [-0.1, -0.05) is 281 Å². The molecule has 1 rings (SSSR count). The highest BCUT2D eigenvalue weighted by Crippen LogP contribution is 2.25. The summed E-state index contributed by atoms with van der Waals surface area (Å²) in [6.45, 7) is 42.8. The molecule has 0 aliphatic carbocycles. The molecule has 111 heavy (non-hydrogen) atoms. The molecule has 654 valence electrons. The van der Waals surface area contributed by atoms with Crippen LogP contribution in [0.15, 0.2) is 24.3 Å². The highest BCUT2D eigenvalue weighted by molar-refractivity contribution is 5.69. The molecule has 0 spiro atoms. The maximum absolute atomic E-state index is 12.6. The first-order valence-corrected chi connectivity index (χ1v) is 46.7. The van der Waals surface area contributed by atoms with Gasteiger partial charge >= 0.3 is 24.2 Å². The van der Waals surface area contributed by atoms with Crippen LogP contribution in [-0.2, 0) is 33.3 Å². The smallest absolute Gasteiger partial charge is 0.465 e. The van der Waals surface area contributed by atoms with Crippen molar-refractivity contribution in [1.29, 1.82) is 0 Å². The van der Waals surface area contributed by atoms with Gasteiger partial charge in [-0.3, -0.25) is 29.5 Å². The van der Waals surface area contributed by atoms with Crippen molar-refractivity contribution in [2.45, 2.75) is 436 Å². The third-order valence-electron chi connectivity index (χ3n) is 22.1. The molecule has 4 atom stereocenters. The van der Waals surface area contributed by atoms with Crippen LogP contribution >= 0.6 is 0 Å². The zero-order chi connectivity index (χ0) is 82.4. The molecule has 0 fully saturated rings. The highest BCUT2D eigenvalue weighted by Gasteiger charge is 2.21. The summed E-state index contributed by atoms with van der Waals surface area (Å²) in [4.78, 5) is 69.9. The fraction of sp³-hybridized carbons (Fsp3) is 0.892. The average molecular weight is 1580 g/mol. The molecule has 0 radical (unpaired) electrons. The van der Waals surface area contributed by atoms with Gasteiger partial charge in [0.25, 0.3) is 5.69 Å². The minimum absolute atomic E-state index is 0.0120. The van der Waals surface area contributed by atoms with Crippen LogP contribution in [0, 0.1) is 22.0 Å². The Balaban J connectivity index is 0. The number of ether oxygens (including phenoxy) is 6. The molecule has 4 unspecified atom stereocenters. The molecular formula is C93H179N5O13. The number of likely N-dealkylation sites (N-methyl/N-ethyl adjacent to an activating group) is 2. The van der Waals surface area contributed by atoms with Crippen molar-refractivity contribution in [3.8, 4) is 5.75 Å². The van der Waals surface area contributed by atoms with E-state index in [1.165, 1.54) is 178 Å². The van der Waals surface area contributed by atoms with Crippen LogP contribution in [0.1, 0.15) is 412 Å². The van der Waals surface area contributed by atoms with Crippen LogP contribution in [-0.4, -0.2) is 170 Å². The van der Waals surface area contributed by atoms with Crippen LogP contribution in [0.5, 0.6) is 5.75 Å². The molecule has 0 aromatic heterocycles. The number of carbonyl (C=O) groups excluding carboxylic acids is 4. The topological polar surface area (TPSA) is 200 Å². The largest absolute Gasteiger partial charge is 0.514 e. The number of rotatable bonds is 76. The second-order valence-electron chi connectivity index (χ2n) is 32.3. The monoisotopic (exact) mass is 1570 g/mol. The van der Waals surface area contributed by atoms with Gasteiger partial charge in [0.2, 0.25) is 0 Å². The fourth-order valence-electron chi connectivity index (χ4n) is 14.3. The minimum Gasteiger partial charge on any atom is -0.465 e. The van der Waals surface area contributed by atoms with Crippen LogP contribution in [0.25, 0.3) is 0 Å². The second kappa shape index (κ2) is 81.1. The third-order valence-corrected chi connectivity index (χ3v) is 22.1. The van der Waals surface area contributed by atoms with E-state index in [4.69, 9.17) is 33.5 Å². The van der Waals surface area contributed by atoms with Crippen molar-refractivity contribution < 1.29 is 57.6 Å². The van der Waals surface area contributed by atoms with Gasteiger partial charge in [-0.25, -0.2) is 9.59 Å². The van der Waals surface area contributed by atoms with Crippen LogP contribution in [0.2, 0.25) is 0 Å². The van der Waals surface area contributed by atoms with E-state index < -0.39 is 17.2 Å². The molecule has 18 heteroatoms. The Bertz CT molecular complexity index is 2200. The Hall–Kier alpha value is -4.10. The molecule has 0 bridgehead atoms. The molecule has 1 aromatic carbocycles. The Morgan fingerprint density at radius 2 is 0.667 bits per heavy atom. The molecule has 1 aromatic rings. The molecule has 0 saturated heterocycles. The number of nitro benzene ring substituents is 1. The van der Waals surface area contributed by atoms with Gasteiger partial charge in [-0.2, -0.15) is 0 Å². The number of unbranched alkanes of at least 4 members (excludes halogenated alkanes) is 31. The predicted octanol–water partition coefficient (Wildman–Crippen LogP) is 25.6. The van der Waals surface area contributed by atoms with Crippen molar-refractivity contribution in [1.82, 2.24) is 19.6 Å². The predicted molar refractivity (Wildman–Crippen MR) is 465 cm³/mol. The van der Waals surface area contributed by atoms with Crippen molar-refractivity contribution in [2.24, 2.45) is 11.8 Å². The van der Waals surface area contributed by atoms with Gasteiger partial charge in [0, 0.05) is 76.3 Å². The van der Waals surface area contributed by atoms with Crippen molar-refractivity contribution >= 4 is 29.9 Å². The number of carbonyl (C=O) groups is 4. The molecule has 0 saturated carbocycles. The van der Waals surface area contributed by atoms with E-state index in [1.54, 1.807) is 0 Å². The van der Waals surface area contributed by atoms with Crippen molar-refractivity contribution in [2.75, 3.05) is 91.9 Å². The van der Waals surface area contributed by atoms with Crippen LogP contribution in [0.4, 0.5) is 15.3 Å². The summed E-state index contributed by atoms with van der Waals surface area (Å²) in [6, 6.07) is 6.34. The molecule has 1 N–H and O–H groups in total. The van der Waals surface area contributed by atoms with Gasteiger partial charge < -0.3 is 43.3 Å². The summed E-state index contributed by atoms with van der Waals surface area (Å²) in [5.41, 5.74) is -0.0600. The summed E-state index contributed by atoms with van der Waals surface area (Å²) < 4.78 is 33.8. The summed E-state index contributed by atoms with van der Waals surface area (Å²) in [5.74, 6) is 1.20. The number of aliphatic hydroxyl groups is 1. The number of nitrogens with zero attached hydrogens (tertiary/aromatic N) is 5. The van der Waals surface area contributed by atoms with Gasteiger partial charge in [0.1, 0.15) is 24.6 Å².